The molecule has 1 atom stereocenters. The fraction of sp³-hybridized carbons (Fsp3) is 0.368. The van der Waals surface area contributed by atoms with Gasteiger partial charge >= 0.3 is 23.9 Å². The monoisotopic (exact) mass is 391 g/mol. The Bertz CT molecular complexity index is 874. The van der Waals surface area contributed by atoms with Crippen LogP contribution in [-0.4, -0.2) is 63.3 Å². The molecule has 0 saturated heterocycles. The number of nitrogens with zero attached hydrogens (tertiary/aromatic N) is 1. The highest BCUT2D eigenvalue weighted by Crippen LogP contribution is 2.41. The number of carbonyl (C=O) groups is 4. The lowest BCUT2D eigenvalue weighted by Crippen LogP contribution is -2.48. The van der Waals surface area contributed by atoms with Crippen molar-refractivity contribution in [3.63, 3.8) is 0 Å². The molecule has 0 N–H and O–H groups in total. The molecule has 2 rings (SSSR count). The Morgan fingerprint density at radius 1 is 0.821 bits per heavy atom. The summed E-state index contributed by atoms with van der Waals surface area (Å²) in [5.74, 6) is -3.65. The molecular formula is C19H21NO8. The van der Waals surface area contributed by atoms with Gasteiger partial charge in [0.25, 0.3) is 0 Å². The van der Waals surface area contributed by atoms with Crippen LogP contribution in [0.1, 0.15) is 13.8 Å². The maximum absolute atomic E-state index is 12.6. The molecule has 0 radical (unpaired) electrons. The van der Waals surface area contributed by atoms with Gasteiger partial charge in [-0.1, -0.05) is 0 Å². The van der Waals surface area contributed by atoms with Crippen LogP contribution in [0, 0.1) is 0 Å². The number of allylic oxidation sites excluding steroid dienone is 3. The van der Waals surface area contributed by atoms with Crippen LogP contribution in [0.15, 0.2) is 45.8 Å². The van der Waals surface area contributed by atoms with Crippen molar-refractivity contribution >= 4 is 23.9 Å². The standard InChI is InChI=1S/C19H21NO8/c1-9-7-8-20-14(10(9)2)12(17(22)26-4)11(16(21)25-3)13(18(23)27-5)15(20)19(24)28-6/h7-8,15H,1-6H3. The molecule has 150 valence electrons. The van der Waals surface area contributed by atoms with E-state index in [1.807, 2.05) is 0 Å². The number of hydrogen-bond donors (Lipinski definition) is 0. The number of rotatable bonds is 4. The minimum absolute atomic E-state index is 0.198. The van der Waals surface area contributed by atoms with E-state index >= 15 is 0 Å². The maximum Gasteiger partial charge on any atom is 0.340 e. The van der Waals surface area contributed by atoms with Gasteiger partial charge in [-0.3, -0.25) is 0 Å². The first-order valence-corrected chi connectivity index (χ1v) is 8.21. The molecule has 9 heteroatoms. The molecule has 0 fully saturated rings. The molecule has 9 nitrogen and oxygen atoms in total. The SMILES string of the molecule is COC(=O)C1=C(C(=O)OC)C(C(=O)OC)N2C=CC(C)=C(C)C2=C1C(=O)OC. The van der Waals surface area contributed by atoms with E-state index in [1.165, 1.54) is 11.1 Å². The zero-order chi connectivity index (χ0) is 21.2. The second kappa shape index (κ2) is 8.12. The van der Waals surface area contributed by atoms with Gasteiger partial charge in [0.05, 0.1) is 50.9 Å². The Hall–Kier alpha value is -3.36. The molecule has 2 aliphatic heterocycles. The lowest BCUT2D eigenvalue weighted by molar-refractivity contribution is -0.148. The molecule has 28 heavy (non-hydrogen) atoms. The summed E-state index contributed by atoms with van der Waals surface area (Å²) in [7, 11) is 4.48. The fourth-order valence-corrected chi connectivity index (χ4v) is 3.11. The van der Waals surface area contributed by atoms with Crippen LogP contribution in [0.3, 0.4) is 0 Å². The van der Waals surface area contributed by atoms with Crippen molar-refractivity contribution in [1.29, 1.82) is 0 Å². The first-order valence-electron chi connectivity index (χ1n) is 8.21. The van der Waals surface area contributed by atoms with Crippen LogP contribution in [0.2, 0.25) is 0 Å². The number of methoxy groups -OCH3 is 4. The van der Waals surface area contributed by atoms with Gasteiger partial charge < -0.3 is 23.8 Å². The summed E-state index contributed by atoms with van der Waals surface area (Å²) in [6, 6.07) is -1.35. The third-order valence-corrected chi connectivity index (χ3v) is 4.61. The van der Waals surface area contributed by atoms with Gasteiger partial charge in [0.15, 0.2) is 6.04 Å². The largest absolute Gasteiger partial charge is 0.467 e. The summed E-state index contributed by atoms with van der Waals surface area (Å²) < 4.78 is 19.3. The van der Waals surface area contributed by atoms with Crippen molar-refractivity contribution in [1.82, 2.24) is 4.90 Å². The number of esters is 4. The van der Waals surface area contributed by atoms with Crippen molar-refractivity contribution in [2.75, 3.05) is 28.4 Å². The minimum atomic E-state index is -1.35. The molecule has 0 spiro atoms. The Labute approximate surface area is 161 Å². The lowest BCUT2D eigenvalue weighted by atomic mass is 9.84. The lowest BCUT2D eigenvalue weighted by Gasteiger charge is -2.39. The van der Waals surface area contributed by atoms with Gasteiger partial charge in [0, 0.05) is 6.20 Å². The second-order valence-corrected chi connectivity index (χ2v) is 5.94. The molecule has 0 aromatic carbocycles. The van der Waals surface area contributed by atoms with Gasteiger partial charge in [-0.2, -0.15) is 0 Å². The van der Waals surface area contributed by atoms with Crippen LogP contribution in [0.5, 0.6) is 0 Å². The molecular weight excluding hydrogens is 370 g/mol. The normalized spacial score (nSPS) is 18.6. The number of carbonyl (C=O) groups excluding carboxylic acids is 4. The highest BCUT2D eigenvalue weighted by atomic mass is 16.5. The quantitative estimate of drug-likeness (QED) is 0.507. The van der Waals surface area contributed by atoms with Gasteiger partial charge in [-0.25, -0.2) is 19.2 Å². The van der Waals surface area contributed by atoms with Crippen LogP contribution in [0.4, 0.5) is 0 Å². The van der Waals surface area contributed by atoms with E-state index in [4.69, 9.17) is 18.9 Å². The van der Waals surface area contributed by atoms with Crippen molar-refractivity contribution < 1.29 is 38.1 Å². The number of fused-ring (bicyclic) bond motifs is 1. The van der Waals surface area contributed by atoms with Crippen LogP contribution in [0.25, 0.3) is 0 Å². The average molecular weight is 391 g/mol. The molecule has 0 aromatic rings. The Morgan fingerprint density at radius 2 is 1.36 bits per heavy atom. The van der Waals surface area contributed by atoms with E-state index in [9.17, 15) is 19.2 Å². The minimum Gasteiger partial charge on any atom is -0.467 e. The van der Waals surface area contributed by atoms with Gasteiger partial charge in [0.1, 0.15) is 0 Å². The van der Waals surface area contributed by atoms with E-state index in [-0.39, 0.29) is 16.8 Å². The predicted octanol–water partition coefficient (Wildman–Crippen LogP) is 0.777. The molecule has 0 aliphatic carbocycles. The van der Waals surface area contributed by atoms with Crippen LogP contribution in [-0.2, 0) is 38.1 Å². The summed E-state index contributed by atoms with van der Waals surface area (Å²) in [6.07, 6.45) is 3.24. The highest BCUT2D eigenvalue weighted by Gasteiger charge is 2.48. The van der Waals surface area contributed by atoms with E-state index in [2.05, 4.69) is 0 Å². The summed E-state index contributed by atoms with van der Waals surface area (Å²) >= 11 is 0. The Balaban J connectivity index is 3.04. The fourth-order valence-electron chi connectivity index (χ4n) is 3.11. The maximum atomic E-state index is 12.6. The number of ether oxygens (including phenoxy) is 4. The molecule has 0 saturated carbocycles. The van der Waals surface area contributed by atoms with Crippen molar-refractivity contribution in [3.05, 3.63) is 45.8 Å². The van der Waals surface area contributed by atoms with E-state index < -0.39 is 35.5 Å². The van der Waals surface area contributed by atoms with Crippen molar-refractivity contribution in [2.24, 2.45) is 0 Å². The highest BCUT2D eigenvalue weighted by molar-refractivity contribution is 6.15. The van der Waals surface area contributed by atoms with Gasteiger partial charge in [-0.15, -0.1) is 0 Å². The molecule has 0 amide bonds. The van der Waals surface area contributed by atoms with Crippen molar-refractivity contribution in [3.8, 4) is 0 Å². The van der Waals surface area contributed by atoms with E-state index in [0.29, 0.717) is 5.57 Å². The van der Waals surface area contributed by atoms with Gasteiger partial charge in [0.2, 0.25) is 0 Å². The molecule has 0 bridgehead atoms. The molecule has 2 heterocycles. The first-order chi connectivity index (χ1) is 13.2. The Morgan fingerprint density at radius 3 is 1.86 bits per heavy atom. The summed E-state index contributed by atoms with van der Waals surface area (Å²) in [4.78, 5) is 51.8. The molecule has 0 aromatic heterocycles. The van der Waals surface area contributed by atoms with E-state index in [0.717, 1.165) is 34.0 Å². The Kier molecular flexibility index (Phi) is 6.07. The topological polar surface area (TPSA) is 108 Å². The zero-order valence-electron chi connectivity index (χ0n) is 16.4. The third kappa shape index (κ3) is 3.19. The summed E-state index contributed by atoms with van der Waals surface area (Å²) in [5.41, 5.74) is 0.684. The number of hydrogen-bond acceptors (Lipinski definition) is 9. The second-order valence-electron chi connectivity index (χ2n) is 5.94. The van der Waals surface area contributed by atoms with Crippen LogP contribution >= 0.6 is 0 Å². The van der Waals surface area contributed by atoms with E-state index in [1.54, 1.807) is 19.9 Å². The summed E-state index contributed by atoms with van der Waals surface area (Å²) in [6.45, 7) is 3.52. The molecule has 2 aliphatic rings. The third-order valence-electron chi connectivity index (χ3n) is 4.61. The average Bonchev–Trinajstić information content (AvgIpc) is 2.72. The molecule has 1 unspecified atom stereocenters. The summed E-state index contributed by atoms with van der Waals surface area (Å²) in [5, 5.41) is 0. The van der Waals surface area contributed by atoms with Gasteiger partial charge in [-0.05, 0) is 31.1 Å². The first kappa shape index (κ1) is 20.9. The van der Waals surface area contributed by atoms with Crippen LogP contribution < -0.4 is 0 Å². The van der Waals surface area contributed by atoms with Crippen molar-refractivity contribution in [2.45, 2.75) is 19.9 Å². The predicted molar refractivity (Wildman–Crippen MR) is 95.3 cm³/mol. The smallest absolute Gasteiger partial charge is 0.340 e. The zero-order valence-corrected chi connectivity index (χ0v) is 16.4.